The Morgan fingerprint density at radius 1 is 1.25 bits per heavy atom. The number of hydrogen-bond acceptors (Lipinski definition) is 4. The fraction of sp³-hybridized carbons (Fsp3) is 1.00. The van der Waals surface area contributed by atoms with Crippen LogP contribution in [0.15, 0.2) is 0 Å². The third-order valence-electron chi connectivity index (χ3n) is 4.03. The van der Waals surface area contributed by atoms with Crippen LogP contribution in [0, 0.1) is 0 Å². The summed E-state index contributed by atoms with van der Waals surface area (Å²) in [6.45, 7) is 6.10. The van der Waals surface area contributed by atoms with Crippen molar-refractivity contribution < 1.29 is 9.47 Å². The topological polar surface area (TPSA) is 33.7 Å². The number of ether oxygens (including phenoxy) is 2. The third kappa shape index (κ3) is 2.40. The first-order valence-electron chi connectivity index (χ1n) is 6.58. The van der Waals surface area contributed by atoms with Crippen molar-refractivity contribution >= 4 is 0 Å². The second-order valence-corrected chi connectivity index (χ2v) is 5.22. The highest BCUT2D eigenvalue weighted by Gasteiger charge is 2.32. The molecule has 0 amide bonds. The molecule has 0 radical (unpaired) electrons. The van der Waals surface area contributed by atoms with Crippen molar-refractivity contribution in [3.05, 3.63) is 0 Å². The lowest BCUT2D eigenvalue weighted by Crippen LogP contribution is -2.50. The van der Waals surface area contributed by atoms with Gasteiger partial charge in [-0.2, -0.15) is 0 Å². The van der Waals surface area contributed by atoms with Gasteiger partial charge in [-0.05, 0) is 25.8 Å². The van der Waals surface area contributed by atoms with E-state index in [-0.39, 0.29) is 0 Å². The van der Waals surface area contributed by atoms with Crippen LogP contribution < -0.4 is 5.32 Å². The summed E-state index contributed by atoms with van der Waals surface area (Å²) in [5.41, 5.74) is 0. The van der Waals surface area contributed by atoms with Gasteiger partial charge in [0.25, 0.3) is 0 Å². The van der Waals surface area contributed by atoms with E-state index in [4.69, 9.17) is 9.47 Å². The number of fused-ring (bicyclic) bond motifs is 1. The van der Waals surface area contributed by atoms with E-state index >= 15 is 0 Å². The molecule has 3 atom stereocenters. The van der Waals surface area contributed by atoms with Gasteiger partial charge in [0.05, 0.1) is 19.3 Å². The summed E-state index contributed by atoms with van der Waals surface area (Å²) in [4.78, 5) is 2.60. The maximum atomic E-state index is 5.91. The quantitative estimate of drug-likeness (QED) is 0.747. The van der Waals surface area contributed by atoms with Crippen molar-refractivity contribution in [1.29, 1.82) is 0 Å². The molecule has 16 heavy (non-hydrogen) atoms. The van der Waals surface area contributed by atoms with E-state index < -0.39 is 0 Å². The van der Waals surface area contributed by atoms with Gasteiger partial charge < -0.3 is 14.8 Å². The lowest BCUT2D eigenvalue weighted by molar-refractivity contribution is -0.0479. The number of rotatable bonds is 3. The molecule has 3 aliphatic rings. The van der Waals surface area contributed by atoms with Crippen LogP contribution in [0.1, 0.15) is 19.3 Å². The van der Waals surface area contributed by atoms with E-state index in [2.05, 4.69) is 10.2 Å². The summed E-state index contributed by atoms with van der Waals surface area (Å²) in [5.74, 6) is 0. The molecule has 3 fully saturated rings. The van der Waals surface area contributed by atoms with Gasteiger partial charge >= 0.3 is 0 Å². The Kier molecular flexibility index (Phi) is 3.43. The van der Waals surface area contributed by atoms with E-state index in [0.717, 1.165) is 39.3 Å². The van der Waals surface area contributed by atoms with E-state index in [1.807, 2.05) is 0 Å². The van der Waals surface area contributed by atoms with Crippen LogP contribution in [0.2, 0.25) is 0 Å². The molecule has 0 aromatic carbocycles. The molecule has 3 aliphatic heterocycles. The van der Waals surface area contributed by atoms with Gasteiger partial charge in [0.15, 0.2) is 0 Å². The Morgan fingerprint density at radius 3 is 3.12 bits per heavy atom. The van der Waals surface area contributed by atoms with Crippen LogP contribution in [0.3, 0.4) is 0 Å². The minimum absolute atomic E-state index is 0.384. The molecule has 3 saturated heterocycles. The molecule has 1 N–H and O–H groups in total. The van der Waals surface area contributed by atoms with Gasteiger partial charge in [0.1, 0.15) is 0 Å². The standard InChI is InChI=1S/C12H22N2O2/c1-2-11-9-16-12(7-14(11)4-1)6-13-10-3-5-15-8-10/h10-13H,1-9H2. The maximum absolute atomic E-state index is 5.91. The molecule has 0 aromatic rings. The summed E-state index contributed by atoms with van der Waals surface area (Å²) >= 11 is 0. The van der Waals surface area contributed by atoms with Crippen molar-refractivity contribution in [2.75, 3.05) is 39.5 Å². The minimum Gasteiger partial charge on any atom is -0.380 e. The van der Waals surface area contributed by atoms with Gasteiger partial charge in [-0.1, -0.05) is 0 Å². The lowest BCUT2D eigenvalue weighted by Gasteiger charge is -2.35. The Hall–Kier alpha value is -0.160. The Morgan fingerprint density at radius 2 is 2.25 bits per heavy atom. The van der Waals surface area contributed by atoms with Gasteiger partial charge in [-0.3, -0.25) is 4.90 Å². The molecule has 0 saturated carbocycles. The maximum Gasteiger partial charge on any atom is 0.0827 e. The van der Waals surface area contributed by atoms with Crippen molar-refractivity contribution in [1.82, 2.24) is 10.2 Å². The Balaban J connectivity index is 1.42. The molecular formula is C12H22N2O2. The van der Waals surface area contributed by atoms with Gasteiger partial charge in [0.2, 0.25) is 0 Å². The van der Waals surface area contributed by atoms with Gasteiger partial charge in [-0.15, -0.1) is 0 Å². The van der Waals surface area contributed by atoms with E-state index in [0.29, 0.717) is 18.2 Å². The van der Waals surface area contributed by atoms with Crippen molar-refractivity contribution in [2.45, 2.75) is 37.5 Å². The van der Waals surface area contributed by atoms with E-state index in [9.17, 15) is 0 Å². The number of nitrogens with zero attached hydrogens (tertiary/aromatic N) is 1. The molecule has 92 valence electrons. The number of nitrogens with one attached hydrogen (secondary N) is 1. The molecule has 4 nitrogen and oxygen atoms in total. The predicted molar refractivity (Wildman–Crippen MR) is 61.6 cm³/mol. The molecule has 3 unspecified atom stereocenters. The van der Waals surface area contributed by atoms with Crippen molar-refractivity contribution in [2.24, 2.45) is 0 Å². The number of morpholine rings is 1. The highest BCUT2D eigenvalue weighted by molar-refractivity contribution is 4.86. The second kappa shape index (κ2) is 5.00. The third-order valence-corrected chi connectivity index (χ3v) is 4.03. The fourth-order valence-corrected chi connectivity index (χ4v) is 3.00. The molecule has 3 heterocycles. The molecular weight excluding hydrogens is 204 g/mol. The highest BCUT2D eigenvalue weighted by atomic mass is 16.5. The monoisotopic (exact) mass is 226 g/mol. The normalized spacial score (nSPS) is 40.1. The molecule has 0 aliphatic carbocycles. The summed E-state index contributed by atoms with van der Waals surface area (Å²) in [7, 11) is 0. The summed E-state index contributed by atoms with van der Waals surface area (Å²) in [5, 5.41) is 3.55. The van der Waals surface area contributed by atoms with E-state index in [1.165, 1.54) is 19.4 Å². The van der Waals surface area contributed by atoms with Gasteiger partial charge in [0, 0.05) is 31.8 Å². The second-order valence-electron chi connectivity index (χ2n) is 5.22. The number of hydrogen-bond donors (Lipinski definition) is 1. The zero-order valence-corrected chi connectivity index (χ0v) is 9.86. The SMILES string of the molecule is C1CC2COC(CNC3CCOC3)CN2C1. The largest absolute Gasteiger partial charge is 0.380 e. The Bertz CT molecular complexity index is 231. The van der Waals surface area contributed by atoms with Crippen LogP contribution in [-0.2, 0) is 9.47 Å². The van der Waals surface area contributed by atoms with Crippen molar-refractivity contribution in [3.8, 4) is 0 Å². The van der Waals surface area contributed by atoms with Gasteiger partial charge in [-0.25, -0.2) is 0 Å². The van der Waals surface area contributed by atoms with Crippen molar-refractivity contribution in [3.63, 3.8) is 0 Å². The van der Waals surface area contributed by atoms with Crippen LogP contribution in [0.5, 0.6) is 0 Å². The first kappa shape index (κ1) is 11.0. The summed E-state index contributed by atoms with van der Waals surface area (Å²) in [6, 6.07) is 1.27. The average Bonchev–Trinajstić information content (AvgIpc) is 2.97. The summed E-state index contributed by atoms with van der Waals surface area (Å²) in [6.07, 6.45) is 4.22. The first-order valence-corrected chi connectivity index (χ1v) is 6.58. The zero-order chi connectivity index (χ0) is 10.8. The zero-order valence-electron chi connectivity index (χ0n) is 9.86. The van der Waals surface area contributed by atoms with Crippen LogP contribution in [-0.4, -0.2) is 62.5 Å². The lowest BCUT2D eigenvalue weighted by atomic mass is 10.2. The van der Waals surface area contributed by atoms with Crippen LogP contribution in [0.4, 0.5) is 0 Å². The molecule has 0 bridgehead atoms. The first-order chi connectivity index (χ1) is 7.92. The average molecular weight is 226 g/mol. The molecule has 4 heteroatoms. The van der Waals surface area contributed by atoms with Crippen LogP contribution in [0.25, 0.3) is 0 Å². The minimum atomic E-state index is 0.384. The van der Waals surface area contributed by atoms with E-state index in [1.54, 1.807) is 0 Å². The molecule has 0 spiro atoms. The van der Waals surface area contributed by atoms with Crippen LogP contribution >= 0.6 is 0 Å². The molecule has 0 aromatic heterocycles. The Labute approximate surface area is 97.3 Å². The molecule has 3 rings (SSSR count). The smallest absolute Gasteiger partial charge is 0.0827 e. The highest BCUT2D eigenvalue weighted by Crippen LogP contribution is 2.22. The summed E-state index contributed by atoms with van der Waals surface area (Å²) < 4.78 is 11.3. The predicted octanol–water partition coefficient (Wildman–Crippen LogP) is 0.228. The fourth-order valence-electron chi connectivity index (χ4n) is 3.00.